The molecule has 1 aromatic carbocycles. The lowest BCUT2D eigenvalue weighted by Crippen LogP contribution is -2.31. The fraction of sp³-hybridized carbons (Fsp3) is 0.400. The van der Waals surface area contributed by atoms with Gasteiger partial charge in [0.15, 0.2) is 0 Å². The molecule has 3 N–H and O–H groups in total. The summed E-state index contributed by atoms with van der Waals surface area (Å²) in [6, 6.07) is 6.84. The number of rotatable bonds is 5. The lowest BCUT2D eigenvalue weighted by Gasteiger charge is -2.18. The summed E-state index contributed by atoms with van der Waals surface area (Å²) >= 11 is 0. The molecule has 0 saturated carbocycles. The molecule has 1 atom stereocenters. The second-order valence-corrected chi connectivity index (χ2v) is 5.02. The van der Waals surface area contributed by atoms with Gasteiger partial charge in [-0.1, -0.05) is 6.07 Å². The van der Waals surface area contributed by atoms with Crippen LogP contribution in [0.15, 0.2) is 24.3 Å². The van der Waals surface area contributed by atoms with Gasteiger partial charge >= 0.3 is 0 Å². The number of halogens is 1. The van der Waals surface area contributed by atoms with Crippen LogP contribution in [0.3, 0.4) is 0 Å². The number of aryl methyl sites for hydroxylation is 3. The molecule has 2 rings (SSSR count). The molecule has 0 aliphatic rings. The van der Waals surface area contributed by atoms with Crippen LogP contribution in [0.4, 0.5) is 4.39 Å². The monoisotopic (exact) mass is 276 g/mol. The summed E-state index contributed by atoms with van der Waals surface area (Å²) in [7, 11) is 0. The fourth-order valence-corrected chi connectivity index (χ4v) is 2.46. The van der Waals surface area contributed by atoms with Crippen LogP contribution in [0, 0.1) is 19.7 Å². The van der Waals surface area contributed by atoms with Gasteiger partial charge in [-0.05, 0) is 56.5 Å². The van der Waals surface area contributed by atoms with Crippen molar-refractivity contribution < 1.29 is 4.39 Å². The van der Waals surface area contributed by atoms with Crippen molar-refractivity contribution in [3.8, 4) is 0 Å². The number of nitrogens with two attached hydrogens (primary N) is 1. The average molecular weight is 276 g/mol. The summed E-state index contributed by atoms with van der Waals surface area (Å²) in [6.07, 6.45) is 0.702. The quantitative estimate of drug-likeness (QED) is 0.651. The van der Waals surface area contributed by atoms with Crippen LogP contribution in [0.2, 0.25) is 0 Å². The van der Waals surface area contributed by atoms with Crippen molar-refractivity contribution in [2.45, 2.75) is 39.8 Å². The van der Waals surface area contributed by atoms with E-state index < -0.39 is 0 Å². The summed E-state index contributed by atoms with van der Waals surface area (Å²) in [5.74, 6) is 5.49. The number of aromatic nitrogens is 2. The number of nitrogens with one attached hydrogen (secondary N) is 1. The third kappa shape index (κ3) is 3.05. The Balaban J connectivity index is 2.28. The minimum Gasteiger partial charge on any atom is -0.271 e. The predicted octanol–water partition coefficient (Wildman–Crippen LogP) is 2.41. The molecular formula is C15H21FN4. The Morgan fingerprint density at radius 2 is 2.10 bits per heavy atom. The number of hydrogen-bond acceptors (Lipinski definition) is 3. The summed E-state index contributed by atoms with van der Waals surface area (Å²) in [6.45, 7) is 6.72. The molecule has 0 amide bonds. The molecule has 1 heterocycles. The van der Waals surface area contributed by atoms with E-state index in [1.807, 2.05) is 37.6 Å². The molecule has 0 fully saturated rings. The van der Waals surface area contributed by atoms with Crippen molar-refractivity contribution in [2.75, 3.05) is 0 Å². The maximum Gasteiger partial charge on any atom is 0.123 e. The molecule has 0 radical (unpaired) electrons. The van der Waals surface area contributed by atoms with Crippen molar-refractivity contribution in [2.24, 2.45) is 5.84 Å². The number of hydrazine groups is 1. The second-order valence-electron chi connectivity index (χ2n) is 5.02. The lowest BCUT2D eigenvalue weighted by molar-refractivity contribution is 0.489. The van der Waals surface area contributed by atoms with Gasteiger partial charge in [-0.25, -0.2) is 4.39 Å². The van der Waals surface area contributed by atoms with Gasteiger partial charge in [0.05, 0.1) is 17.4 Å². The highest BCUT2D eigenvalue weighted by molar-refractivity contribution is 5.29. The van der Waals surface area contributed by atoms with Crippen LogP contribution in [0.5, 0.6) is 0 Å². The summed E-state index contributed by atoms with van der Waals surface area (Å²) < 4.78 is 15.1. The zero-order chi connectivity index (χ0) is 14.7. The predicted molar refractivity (Wildman–Crippen MR) is 77.5 cm³/mol. The first-order chi connectivity index (χ1) is 9.55. The number of hydrogen-bond donors (Lipinski definition) is 2. The van der Waals surface area contributed by atoms with Gasteiger partial charge in [0, 0.05) is 6.54 Å². The molecule has 2 aromatic rings. The molecule has 1 aromatic heterocycles. The van der Waals surface area contributed by atoms with Gasteiger partial charge in [0.2, 0.25) is 0 Å². The Labute approximate surface area is 118 Å². The smallest absolute Gasteiger partial charge is 0.123 e. The zero-order valence-electron chi connectivity index (χ0n) is 12.2. The zero-order valence-corrected chi connectivity index (χ0v) is 12.2. The van der Waals surface area contributed by atoms with E-state index in [2.05, 4.69) is 10.5 Å². The molecule has 0 bridgehead atoms. The highest BCUT2D eigenvalue weighted by Crippen LogP contribution is 2.21. The first-order valence-electron chi connectivity index (χ1n) is 6.80. The molecule has 20 heavy (non-hydrogen) atoms. The van der Waals surface area contributed by atoms with Crippen LogP contribution >= 0.6 is 0 Å². The topological polar surface area (TPSA) is 55.9 Å². The third-order valence-electron chi connectivity index (χ3n) is 3.52. The first kappa shape index (κ1) is 14.7. The van der Waals surface area contributed by atoms with Crippen molar-refractivity contribution in [3.63, 3.8) is 0 Å². The minimum atomic E-state index is -0.210. The van der Waals surface area contributed by atoms with Crippen molar-refractivity contribution in [1.82, 2.24) is 15.2 Å². The Hall–Kier alpha value is -1.72. The van der Waals surface area contributed by atoms with E-state index in [4.69, 9.17) is 5.84 Å². The van der Waals surface area contributed by atoms with E-state index in [-0.39, 0.29) is 11.9 Å². The van der Waals surface area contributed by atoms with Gasteiger partial charge in [-0.3, -0.25) is 16.0 Å². The molecule has 4 nitrogen and oxygen atoms in total. The van der Waals surface area contributed by atoms with Gasteiger partial charge in [0.25, 0.3) is 0 Å². The van der Waals surface area contributed by atoms with Crippen molar-refractivity contribution in [3.05, 3.63) is 52.6 Å². The van der Waals surface area contributed by atoms with E-state index >= 15 is 0 Å². The van der Waals surface area contributed by atoms with E-state index in [0.29, 0.717) is 6.42 Å². The SMILES string of the molecule is CCn1nc(C)cc1C(Cc1ccc(F)cc1C)NN. The summed E-state index contributed by atoms with van der Waals surface area (Å²) in [5.41, 5.74) is 6.88. The molecule has 108 valence electrons. The van der Waals surface area contributed by atoms with E-state index in [9.17, 15) is 4.39 Å². The maximum atomic E-state index is 13.2. The minimum absolute atomic E-state index is 0.0414. The Morgan fingerprint density at radius 3 is 2.70 bits per heavy atom. The molecule has 0 spiro atoms. The summed E-state index contributed by atoms with van der Waals surface area (Å²) in [5, 5.41) is 4.44. The molecule has 0 saturated heterocycles. The number of nitrogens with zero attached hydrogens (tertiary/aromatic N) is 2. The number of benzene rings is 1. The molecular weight excluding hydrogens is 255 g/mol. The highest BCUT2D eigenvalue weighted by Gasteiger charge is 2.17. The molecule has 0 aliphatic heterocycles. The Bertz CT molecular complexity index is 592. The van der Waals surface area contributed by atoms with Crippen LogP contribution < -0.4 is 11.3 Å². The fourth-order valence-electron chi connectivity index (χ4n) is 2.46. The van der Waals surface area contributed by atoms with E-state index in [1.165, 1.54) is 6.07 Å². The second kappa shape index (κ2) is 6.15. The van der Waals surface area contributed by atoms with Crippen molar-refractivity contribution >= 4 is 0 Å². The van der Waals surface area contributed by atoms with Gasteiger partial charge < -0.3 is 0 Å². The maximum absolute atomic E-state index is 13.2. The molecule has 1 unspecified atom stereocenters. The average Bonchev–Trinajstić information content (AvgIpc) is 2.79. The van der Waals surface area contributed by atoms with E-state index in [0.717, 1.165) is 29.1 Å². The Morgan fingerprint density at radius 1 is 1.35 bits per heavy atom. The van der Waals surface area contributed by atoms with Gasteiger partial charge in [-0.2, -0.15) is 5.10 Å². The Kier molecular flexibility index (Phi) is 4.52. The lowest BCUT2D eigenvalue weighted by atomic mass is 9.99. The van der Waals surface area contributed by atoms with Gasteiger partial charge in [0.1, 0.15) is 5.82 Å². The normalized spacial score (nSPS) is 12.7. The van der Waals surface area contributed by atoms with Gasteiger partial charge in [-0.15, -0.1) is 0 Å². The third-order valence-corrected chi connectivity index (χ3v) is 3.52. The summed E-state index contributed by atoms with van der Waals surface area (Å²) in [4.78, 5) is 0. The standard InChI is InChI=1S/C15H21FN4/c1-4-20-15(8-11(3)19-20)14(18-17)9-12-5-6-13(16)7-10(12)2/h5-8,14,18H,4,9,17H2,1-3H3. The first-order valence-corrected chi connectivity index (χ1v) is 6.80. The molecule has 0 aliphatic carbocycles. The molecule has 5 heteroatoms. The van der Waals surface area contributed by atoms with Crippen molar-refractivity contribution in [1.29, 1.82) is 0 Å². The highest BCUT2D eigenvalue weighted by atomic mass is 19.1. The van der Waals surface area contributed by atoms with Crippen LogP contribution in [-0.2, 0) is 13.0 Å². The van der Waals surface area contributed by atoms with Crippen LogP contribution in [0.25, 0.3) is 0 Å². The van der Waals surface area contributed by atoms with E-state index in [1.54, 1.807) is 6.07 Å². The largest absolute Gasteiger partial charge is 0.271 e. The van der Waals surface area contributed by atoms with Crippen LogP contribution in [0.1, 0.15) is 35.5 Å². The van der Waals surface area contributed by atoms with Crippen LogP contribution in [-0.4, -0.2) is 9.78 Å².